The predicted molar refractivity (Wildman–Crippen MR) is 238 cm³/mol. The van der Waals surface area contributed by atoms with Gasteiger partial charge < -0.3 is 4.42 Å². The summed E-state index contributed by atoms with van der Waals surface area (Å²) in [5.74, 6) is 1.78. The van der Waals surface area contributed by atoms with Crippen molar-refractivity contribution in [2.75, 3.05) is 0 Å². The Kier molecular flexibility index (Phi) is 7.20. The summed E-state index contributed by atoms with van der Waals surface area (Å²) >= 11 is 3.50. The van der Waals surface area contributed by atoms with E-state index < -0.39 is 0 Å². The van der Waals surface area contributed by atoms with Crippen molar-refractivity contribution >= 4 is 85.8 Å². The van der Waals surface area contributed by atoms with E-state index in [1.165, 1.54) is 31.3 Å². The molecule has 0 aliphatic heterocycles. The van der Waals surface area contributed by atoms with Gasteiger partial charge in [-0.05, 0) is 52.2 Å². The Labute approximate surface area is 334 Å². The lowest BCUT2D eigenvalue weighted by molar-refractivity contribution is 0.669. The van der Waals surface area contributed by atoms with Crippen molar-refractivity contribution in [2.24, 2.45) is 0 Å². The molecule has 0 unspecified atom stereocenters. The molecule has 0 spiro atoms. The van der Waals surface area contributed by atoms with Crippen LogP contribution in [0.15, 0.2) is 174 Å². The summed E-state index contributed by atoms with van der Waals surface area (Å²) in [6, 6.07) is 59.1. The lowest BCUT2D eigenvalue weighted by Gasteiger charge is -2.10. The summed E-state index contributed by atoms with van der Waals surface area (Å²) in [4.78, 5) is 21.0. The van der Waals surface area contributed by atoms with Crippen LogP contribution in [0.3, 0.4) is 0 Å². The Bertz CT molecular complexity index is 3530. The van der Waals surface area contributed by atoms with Crippen LogP contribution in [0, 0.1) is 0 Å². The fourth-order valence-electron chi connectivity index (χ4n) is 8.01. The van der Waals surface area contributed by atoms with Crippen LogP contribution in [0.4, 0.5) is 0 Å². The van der Waals surface area contributed by atoms with Crippen molar-refractivity contribution in [2.45, 2.75) is 0 Å². The number of hydrogen-bond acceptors (Lipinski definition) is 7. The van der Waals surface area contributed by atoms with Crippen LogP contribution in [-0.2, 0) is 0 Å². The van der Waals surface area contributed by atoms with Gasteiger partial charge in [0, 0.05) is 47.8 Å². The normalized spacial score (nSPS) is 11.9. The fraction of sp³-hybridized carbons (Fsp3) is 0. The largest absolute Gasteiger partial charge is 0.456 e. The number of benzene rings is 8. The lowest BCUT2D eigenvalue weighted by Crippen LogP contribution is -2.00. The monoisotopic (exact) mass is 764 g/mol. The minimum absolute atomic E-state index is 0.570. The highest BCUT2D eigenvalue weighted by Gasteiger charge is 2.23. The van der Waals surface area contributed by atoms with Crippen LogP contribution in [0.5, 0.6) is 0 Å². The average molecular weight is 765 g/mol. The highest BCUT2D eigenvalue weighted by atomic mass is 32.1. The Balaban J connectivity index is 1.09. The number of hydrogen-bond donors (Lipinski definition) is 0. The first kappa shape index (κ1) is 32.2. The molecule has 12 rings (SSSR count). The van der Waals surface area contributed by atoms with Crippen LogP contribution in [0.1, 0.15) is 0 Å². The quantitative estimate of drug-likeness (QED) is 0.175. The Morgan fingerprint density at radius 2 is 1.04 bits per heavy atom. The zero-order chi connectivity index (χ0) is 37.5. The third kappa shape index (κ3) is 5.28. The van der Waals surface area contributed by atoms with E-state index in [2.05, 4.69) is 121 Å². The van der Waals surface area contributed by atoms with E-state index >= 15 is 0 Å². The first-order chi connectivity index (χ1) is 28.2. The molecule has 0 radical (unpaired) electrons. The van der Waals surface area contributed by atoms with Crippen LogP contribution in [-0.4, -0.2) is 19.9 Å². The molecule has 0 saturated heterocycles. The molecule has 12 aromatic rings. The van der Waals surface area contributed by atoms with Gasteiger partial charge in [-0.3, -0.25) is 0 Å². The second-order valence-corrected chi connectivity index (χ2v) is 16.2. The fourth-order valence-corrected chi connectivity index (χ4v) is 10.4. The smallest absolute Gasteiger partial charge is 0.165 e. The van der Waals surface area contributed by atoms with E-state index in [0.717, 1.165) is 70.2 Å². The maximum Gasteiger partial charge on any atom is 0.165 e. The van der Waals surface area contributed by atoms with Crippen molar-refractivity contribution < 1.29 is 4.42 Å². The molecule has 0 bridgehead atoms. The van der Waals surface area contributed by atoms with E-state index in [9.17, 15) is 0 Å². The Morgan fingerprint density at radius 1 is 0.386 bits per heavy atom. The van der Waals surface area contributed by atoms with E-state index in [0.29, 0.717) is 17.5 Å². The first-order valence-corrected chi connectivity index (χ1v) is 20.4. The van der Waals surface area contributed by atoms with Gasteiger partial charge in [0.1, 0.15) is 16.2 Å². The molecule has 7 heteroatoms. The van der Waals surface area contributed by atoms with E-state index in [1.807, 2.05) is 59.9 Å². The Morgan fingerprint density at radius 3 is 1.86 bits per heavy atom. The molecule has 8 aromatic carbocycles. The number of fused-ring (bicyclic) bond motifs is 9. The second-order valence-electron chi connectivity index (χ2n) is 14.2. The molecule has 4 aromatic heterocycles. The van der Waals surface area contributed by atoms with Gasteiger partial charge >= 0.3 is 0 Å². The standard InChI is InChI=1S/C50H28N4OS2/c1-3-12-29(13-4-1)31-22-23-33-27-34(25-24-32(33)26-31)48-52-47(30-14-5-2-6-15-30)53-49(54-48)39-28-41-43(37-17-7-9-20-40(37)55-41)44-46(39)57-50(51-44)38-19-11-18-36-35-16-8-10-21-42(35)56-45(36)38/h1-28H. The SMILES string of the molecule is c1ccc(-c2ccc3cc(-c4nc(-c5ccccc5)nc(-c5cc6oc7ccccc7c6c6nc(-c7cccc8c7sc7ccccc78)sc56)n4)ccc3c2)cc1. The van der Waals surface area contributed by atoms with E-state index in [-0.39, 0.29) is 0 Å². The molecule has 0 amide bonds. The Hall–Kier alpha value is -7.06. The van der Waals surface area contributed by atoms with Crippen molar-refractivity contribution in [1.29, 1.82) is 0 Å². The number of rotatable bonds is 5. The summed E-state index contributed by atoms with van der Waals surface area (Å²) in [6.45, 7) is 0. The van der Waals surface area contributed by atoms with Gasteiger partial charge in [0.25, 0.3) is 0 Å². The maximum absolute atomic E-state index is 6.56. The lowest BCUT2D eigenvalue weighted by atomic mass is 10.00. The van der Waals surface area contributed by atoms with Crippen LogP contribution < -0.4 is 0 Å². The molecule has 4 heterocycles. The van der Waals surface area contributed by atoms with Gasteiger partial charge in [-0.15, -0.1) is 22.7 Å². The van der Waals surface area contributed by atoms with Gasteiger partial charge in [-0.2, -0.15) is 0 Å². The highest BCUT2D eigenvalue weighted by molar-refractivity contribution is 7.27. The molecular formula is C50H28N4OS2. The zero-order valence-electron chi connectivity index (χ0n) is 30.2. The number of nitrogens with zero attached hydrogens (tertiary/aromatic N) is 4. The van der Waals surface area contributed by atoms with Crippen LogP contribution in [0.25, 0.3) is 119 Å². The first-order valence-electron chi connectivity index (χ1n) is 18.8. The molecule has 0 aliphatic rings. The highest BCUT2D eigenvalue weighted by Crippen LogP contribution is 2.47. The number of para-hydroxylation sites is 1. The summed E-state index contributed by atoms with van der Waals surface area (Å²) in [6.07, 6.45) is 0. The predicted octanol–water partition coefficient (Wildman–Crippen LogP) is 14.2. The van der Waals surface area contributed by atoms with E-state index in [4.69, 9.17) is 24.4 Å². The van der Waals surface area contributed by atoms with E-state index in [1.54, 1.807) is 11.3 Å². The van der Waals surface area contributed by atoms with Gasteiger partial charge in [-0.25, -0.2) is 19.9 Å². The third-order valence-corrected chi connectivity index (χ3v) is 13.1. The number of thiazole rings is 1. The van der Waals surface area contributed by atoms with Gasteiger partial charge in [-0.1, -0.05) is 140 Å². The van der Waals surface area contributed by atoms with Gasteiger partial charge in [0.05, 0.1) is 15.6 Å². The summed E-state index contributed by atoms with van der Waals surface area (Å²) < 4.78 is 10.1. The molecule has 0 aliphatic carbocycles. The summed E-state index contributed by atoms with van der Waals surface area (Å²) in [7, 11) is 0. The topological polar surface area (TPSA) is 64.7 Å². The minimum atomic E-state index is 0.570. The van der Waals surface area contributed by atoms with Crippen molar-refractivity contribution in [3.05, 3.63) is 170 Å². The van der Waals surface area contributed by atoms with Crippen LogP contribution >= 0.6 is 22.7 Å². The molecule has 0 fully saturated rings. The average Bonchev–Trinajstić information content (AvgIpc) is 4.00. The summed E-state index contributed by atoms with van der Waals surface area (Å²) in [5, 5.41) is 7.76. The van der Waals surface area contributed by atoms with Crippen LogP contribution in [0.2, 0.25) is 0 Å². The molecule has 0 atom stereocenters. The number of furan rings is 1. The molecule has 266 valence electrons. The van der Waals surface area contributed by atoms with Crippen molar-refractivity contribution in [3.63, 3.8) is 0 Å². The molecule has 0 saturated carbocycles. The van der Waals surface area contributed by atoms with Crippen molar-refractivity contribution in [3.8, 4) is 55.9 Å². The van der Waals surface area contributed by atoms with Crippen molar-refractivity contribution in [1.82, 2.24) is 19.9 Å². The summed E-state index contributed by atoms with van der Waals surface area (Å²) in [5.41, 5.74) is 8.64. The maximum atomic E-state index is 6.56. The second kappa shape index (κ2) is 12.7. The molecule has 0 N–H and O–H groups in total. The van der Waals surface area contributed by atoms with Gasteiger partial charge in [0.2, 0.25) is 0 Å². The molecular weight excluding hydrogens is 737 g/mol. The number of thiophene rings is 1. The number of aromatic nitrogens is 4. The molecule has 5 nitrogen and oxygen atoms in total. The van der Waals surface area contributed by atoms with Gasteiger partial charge in [0.15, 0.2) is 17.5 Å². The third-order valence-electron chi connectivity index (χ3n) is 10.8. The minimum Gasteiger partial charge on any atom is -0.456 e. The zero-order valence-corrected chi connectivity index (χ0v) is 31.8. The molecule has 57 heavy (non-hydrogen) atoms.